The molecule has 6 rings (SSSR count). The summed E-state index contributed by atoms with van der Waals surface area (Å²) in [6.45, 7) is 11.1. The number of halogens is 1. The molecule has 0 spiro atoms. The average molecular weight is 583 g/mol. The largest absolute Gasteiger partial charge is 1.00 e. The van der Waals surface area contributed by atoms with Gasteiger partial charge in [0.25, 0.3) is 0 Å². The molecule has 0 amide bonds. The maximum absolute atomic E-state index is 2.32. The van der Waals surface area contributed by atoms with Gasteiger partial charge in [0, 0.05) is 11.3 Å². The molecule has 184 valence electrons. The van der Waals surface area contributed by atoms with Crippen molar-refractivity contribution in [1.82, 2.24) is 0 Å². The van der Waals surface area contributed by atoms with Crippen LogP contribution >= 0.6 is 22.6 Å². The second kappa shape index (κ2) is 14.7. The number of fused-ring (bicyclic) bond motifs is 3. The molecule has 2 heteroatoms. The summed E-state index contributed by atoms with van der Waals surface area (Å²) in [5.74, 6) is 0.617. The van der Waals surface area contributed by atoms with Crippen LogP contribution < -0.4 is 18.9 Å². The van der Waals surface area contributed by atoms with Crippen molar-refractivity contribution in [2.24, 2.45) is 0 Å². The molecular weight excluding hydrogens is 542 g/mol. The van der Waals surface area contributed by atoms with E-state index in [0.29, 0.717) is 5.92 Å². The summed E-state index contributed by atoms with van der Waals surface area (Å²) in [4.78, 5) is 1.97. The van der Waals surface area contributed by atoms with Crippen LogP contribution in [-0.4, -0.2) is 4.93 Å². The molecule has 36 heavy (non-hydrogen) atoms. The number of alkyl halides is 1. The molecule has 0 heterocycles. The number of hydrogen-bond donors (Lipinski definition) is 0. The zero-order valence-corrected chi connectivity index (χ0v) is 24.4. The molecule has 0 fully saturated rings. The number of rotatable bonds is 0. The van der Waals surface area contributed by atoms with Crippen molar-refractivity contribution in [3.63, 3.8) is 0 Å². The Bertz CT molecular complexity index is 1290. The van der Waals surface area contributed by atoms with Gasteiger partial charge in [-0.1, -0.05) is 131 Å². The van der Waals surface area contributed by atoms with Crippen LogP contribution in [0.5, 0.6) is 0 Å². The molecule has 2 aliphatic carbocycles. The summed E-state index contributed by atoms with van der Waals surface area (Å²) in [6, 6.07) is 30.0. The smallest absolute Gasteiger partial charge is 0.168 e. The van der Waals surface area contributed by atoms with Crippen LogP contribution in [0.25, 0.3) is 22.4 Å². The van der Waals surface area contributed by atoms with Crippen LogP contribution in [0, 0.1) is 6.92 Å². The van der Waals surface area contributed by atoms with Gasteiger partial charge in [0.05, 0.1) is 0 Å². The van der Waals surface area contributed by atoms with Gasteiger partial charge in [-0.05, 0) is 39.7 Å². The topological polar surface area (TPSA) is 0 Å². The Morgan fingerprint density at radius 3 is 2.11 bits per heavy atom. The van der Waals surface area contributed by atoms with Gasteiger partial charge in [0.15, 0.2) is 0 Å². The first-order valence-electron chi connectivity index (χ1n) is 11.9. The maximum Gasteiger partial charge on any atom is 1.00 e. The van der Waals surface area contributed by atoms with E-state index in [1.54, 1.807) is 0 Å². The van der Waals surface area contributed by atoms with Gasteiger partial charge in [-0.15, -0.1) is 34.5 Å². The molecule has 0 N–H and O–H groups in total. The minimum Gasteiger partial charge on any atom is -0.168 e. The van der Waals surface area contributed by atoms with Gasteiger partial charge in [0.2, 0.25) is 0 Å². The molecule has 0 saturated carbocycles. The van der Waals surface area contributed by atoms with Crippen molar-refractivity contribution in [1.29, 1.82) is 0 Å². The fourth-order valence-corrected chi connectivity index (χ4v) is 4.73. The Hall–Kier alpha value is -1.92. The summed E-state index contributed by atoms with van der Waals surface area (Å²) in [5, 5.41) is 2.72. The first-order chi connectivity index (χ1) is 16.4. The normalized spacial score (nSPS) is 15.2. The molecule has 0 saturated heterocycles. The van der Waals surface area contributed by atoms with Crippen molar-refractivity contribution in [2.45, 2.75) is 53.4 Å². The van der Waals surface area contributed by atoms with E-state index in [0.717, 1.165) is 0 Å². The summed E-state index contributed by atoms with van der Waals surface area (Å²) in [7, 11) is 0. The quantitative estimate of drug-likeness (QED) is 0.0861. The standard InChI is InChI=1S/2C11H12.C10H9.CH3I.CH4.Li/c1-11(2)8-7-9-5-3-4-6-10(9)11;1-8-7-9(2)11-6-4-3-5-10(8)11;1-8-6-7-9-4-2-3-5-10(8)9;1-2;;/h2*3-8H,1-2H3;2-7H,1H3;1H3;1H4;/q;;-1;;;+1. The fourth-order valence-electron chi connectivity index (χ4n) is 4.73. The third-order valence-corrected chi connectivity index (χ3v) is 6.61. The van der Waals surface area contributed by atoms with Crippen LogP contribution in [-0.2, 0) is 5.41 Å². The SMILES string of the molecule is C.CC1(C)C=Cc2ccccc21.CC1=CC(C)c2ccccc21.CI.C[c-]1ccc2ccccc21.[Li+]. The molecule has 4 aromatic rings. The van der Waals surface area contributed by atoms with E-state index >= 15 is 0 Å². The van der Waals surface area contributed by atoms with E-state index in [4.69, 9.17) is 0 Å². The summed E-state index contributed by atoms with van der Waals surface area (Å²) in [5.41, 5.74) is 8.77. The van der Waals surface area contributed by atoms with E-state index in [2.05, 4.69) is 160 Å². The Morgan fingerprint density at radius 1 is 0.833 bits per heavy atom. The third kappa shape index (κ3) is 7.55. The summed E-state index contributed by atoms with van der Waals surface area (Å²) in [6.07, 6.45) is 6.79. The number of hydrogen-bond acceptors (Lipinski definition) is 0. The van der Waals surface area contributed by atoms with Crippen molar-refractivity contribution < 1.29 is 18.9 Å². The first-order valence-corrected chi connectivity index (χ1v) is 14.1. The van der Waals surface area contributed by atoms with Crippen molar-refractivity contribution in [3.8, 4) is 0 Å². The van der Waals surface area contributed by atoms with Crippen LogP contribution in [0.2, 0.25) is 0 Å². The monoisotopic (exact) mass is 582 g/mol. The maximum atomic E-state index is 2.32. The predicted molar refractivity (Wildman–Crippen MR) is 168 cm³/mol. The van der Waals surface area contributed by atoms with E-state index in [1.165, 1.54) is 44.2 Å². The van der Waals surface area contributed by atoms with Crippen molar-refractivity contribution in [2.75, 3.05) is 4.93 Å². The van der Waals surface area contributed by atoms with E-state index in [9.17, 15) is 0 Å². The third-order valence-electron chi connectivity index (χ3n) is 6.61. The zero-order valence-electron chi connectivity index (χ0n) is 22.3. The van der Waals surface area contributed by atoms with Crippen molar-refractivity contribution >= 4 is 45.0 Å². The van der Waals surface area contributed by atoms with E-state index in [-0.39, 0.29) is 31.7 Å². The molecule has 1 atom stereocenters. The predicted octanol–water partition coefficient (Wildman–Crippen LogP) is 7.76. The molecule has 1 unspecified atom stereocenters. The fraction of sp³-hybridized carbons (Fsp3) is 0.265. The Kier molecular flexibility index (Phi) is 13.1. The Labute approximate surface area is 245 Å². The molecular formula is C34H40ILi. The minimum absolute atomic E-state index is 0. The molecule has 0 bridgehead atoms. The van der Waals surface area contributed by atoms with Gasteiger partial charge in [0.1, 0.15) is 0 Å². The minimum atomic E-state index is 0. The van der Waals surface area contributed by atoms with E-state index < -0.39 is 0 Å². The van der Waals surface area contributed by atoms with Crippen LogP contribution in [0.3, 0.4) is 0 Å². The molecule has 0 aliphatic heterocycles. The van der Waals surface area contributed by atoms with Crippen LogP contribution in [0.4, 0.5) is 0 Å². The number of aryl methyl sites for hydroxylation is 1. The molecule has 0 aromatic heterocycles. The molecule has 4 aromatic carbocycles. The Balaban J connectivity index is 0.000000254. The average Bonchev–Trinajstić information content (AvgIpc) is 3.50. The van der Waals surface area contributed by atoms with E-state index in [1.807, 2.05) is 4.93 Å². The van der Waals surface area contributed by atoms with Gasteiger partial charge in [-0.2, -0.15) is 12.1 Å². The van der Waals surface area contributed by atoms with Gasteiger partial charge < -0.3 is 0 Å². The number of allylic oxidation sites excluding steroid dienone is 3. The van der Waals surface area contributed by atoms with Crippen LogP contribution in [0.15, 0.2) is 97.1 Å². The second-order valence-electron chi connectivity index (χ2n) is 9.47. The zero-order chi connectivity index (χ0) is 24.7. The summed E-state index contributed by atoms with van der Waals surface area (Å²) < 4.78 is 0. The Morgan fingerprint density at radius 2 is 1.44 bits per heavy atom. The molecule has 2 aliphatic rings. The molecule has 0 radical (unpaired) electrons. The molecule has 0 nitrogen and oxygen atoms in total. The first kappa shape index (κ1) is 32.1. The van der Waals surface area contributed by atoms with Crippen LogP contribution in [0.1, 0.15) is 68.9 Å². The van der Waals surface area contributed by atoms with Gasteiger partial charge in [-0.25, -0.2) is 0 Å². The summed E-state index contributed by atoms with van der Waals surface area (Å²) >= 11 is 2.15. The van der Waals surface area contributed by atoms with Gasteiger partial charge in [-0.3, -0.25) is 0 Å². The van der Waals surface area contributed by atoms with Gasteiger partial charge >= 0.3 is 18.9 Å². The second-order valence-corrected chi connectivity index (χ2v) is 9.47. The number of benzene rings is 3. The van der Waals surface area contributed by atoms with Crippen molar-refractivity contribution in [3.05, 3.63) is 125 Å².